The van der Waals surface area contributed by atoms with Crippen LogP contribution in [0.3, 0.4) is 0 Å². The van der Waals surface area contributed by atoms with Crippen molar-refractivity contribution in [3.05, 3.63) is 47.7 Å². The normalized spacial score (nSPS) is 10.5. The first-order valence-electron chi connectivity index (χ1n) is 6.51. The van der Waals surface area contributed by atoms with Crippen molar-refractivity contribution in [2.75, 3.05) is 10.6 Å². The second-order valence-corrected chi connectivity index (χ2v) is 4.66. The van der Waals surface area contributed by atoms with Crippen LogP contribution in [0, 0.1) is 13.8 Å². The Labute approximate surface area is 125 Å². The second-order valence-electron chi connectivity index (χ2n) is 4.66. The van der Waals surface area contributed by atoms with Gasteiger partial charge in [-0.25, -0.2) is 4.98 Å². The first-order chi connectivity index (χ1) is 10.6. The van der Waals surface area contributed by atoms with E-state index in [-0.39, 0.29) is 11.6 Å². The van der Waals surface area contributed by atoms with E-state index in [4.69, 9.17) is 9.05 Å². The molecule has 0 aliphatic heterocycles. The molecule has 3 rings (SSSR count). The highest BCUT2D eigenvalue weighted by molar-refractivity contribution is 6.02. The van der Waals surface area contributed by atoms with Gasteiger partial charge in [-0.15, -0.1) is 0 Å². The molecule has 22 heavy (non-hydrogen) atoms. The fourth-order valence-corrected chi connectivity index (χ4v) is 1.78. The van der Waals surface area contributed by atoms with Crippen molar-refractivity contribution in [1.29, 1.82) is 0 Å². The number of hydrogen-bond acceptors (Lipinski definition) is 7. The molecule has 3 heterocycles. The van der Waals surface area contributed by atoms with E-state index in [1.54, 1.807) is 38.1 Å². The van der Waals surface area contributed by atoms with Gasteiger partial charge in [-0.2, -0.15) is 0 Å². The standard InChI is InChI=1S/C14H13N5O3/c1-8-5-12(18-21-8)16-10-3-4-11(15-7-10)14(20)17-13-6-9(2)22-19-13/h3-7H,1-2H3,(H,16,18)(H,17,19,20). The van der Waals surface area contributed by atoms with Gasteiger partial charge < -0.3 is 19.7 Å². The predicted molar refractivity (Wildman–Crippen MR) is 78.0 cm³/mol. The molecular formula is C14H13N5O3. The quantitative estimate of drug-likeness (QED) is 0.762. The number of carbonyl (C=O) groups is 1. The van der Waals surface area contributed by atoms with E-state index in [0.717, 1.165) is 0 Å². The van der Waals surface area contributed by atoms with Crippen LogP contribution in [0.1, 0.15) is 22.0 Å². The fourth-order valence-electron chi connectivity index (χ4n) is 1.78. The molecule has 0 aliphatic rings. The van der Waals surface area contributed by atoms with Crippen molar-refractivity contribution in [2.24, 2.45) is 0 Å². The summed E-state index contributed by atoms with van der Waals surface area (Å²) in [5.74, 6) is 1.89. The molecule has 0 atom stereocenters. The Kier molecular flexibility index (Phi) is 3.57. The number of carbonyl (C=O) groups excluding carboxylic acids is 1. The zero-order valence-electron chi connectivity index (χ0n) is 12.0. The number of amides is 1. The van der Waals surface area contributed by atoms with E-state index in [2.05, 4.69) is 25.9 Å². The fraction of sp³-hybridized carbons (Fsp3) is 0.143. The van der Waals surface area contributed by atoms with Gasteiger partial charge in [-0.1, -0.05) is 10.3 Å². The summed E-state index contributed by atoms with van der Waals surface area (Å²) in [6.45, 7) is 3.54. The molecule has 0 saturated heterocycles. The molecule has 8 heteroatoms. The van der Waals surface area contributed by atoms with Crippen LogP contribution in [0.2, 0.25) is 0 Å². The lowest BCUT2D eigenvalue weighted by molar-refractivity contribution is 0.102. The van der Waals surface area contributed by atoms with Crippen molar-refractivity contribution >= 4 is 23.2 Å². The lowest BCUT2D eigenvalue weighted by Crippen LogP contribution is -2.13. The molecule has 0 aromatic carbocycles. The van der Waals surface area contributed by atoms with Gasteiger partial charge in [0.05, 0.1) is 11.9 Å². The highest BCUT2D eigenvalue weighted by Gasteiger charge is 2.10. The first kappa shape index (κ1) is 13.8. The molecule has 8 nitrogen and oxygen atoms in total. The van der Waals surface area contributed by atoms with Gasteiger partial charge in [0.2, 0.25) is 0 Å². The number of nitrogens with zero attached hydrogens (tertiary/aromatic N) is 3. The van der Waals surface area contributed by atoms with Crippen molar-refractivity contribution in [3.63, 3.8) is 0 Å². The number of pyridine rings is 1. The largest absolute Gasteiger partial charge is 0.360 e. The van der Waals surface area contributed by atoms with E-state index in [9.17, 15) is 4.79 Å². The Balaban J connectivity index is 1.66. The number of aryl methyl sites for hydroxylation is 2. The third-order valence-corrected chi connectivity index (χ3v) is 2.77. The minimum Gasteiger partial charge on any atom is -0.360 e. The smallest absolute Gasteiger partial charge is 0.275 e. The van der Waals surface area contributed by atoms with Crippen molar-refractivity contribution in [1.82, 2.24) is 15.3 Å². The Morgan fingerprint density at radius 3 is 2.27 bits per heavy atom. The molecule has 3 aromatic rings. The molecule has 0 fully saturated rings. The molecule has 0 aliphatic carbocycles. The Hall–Kier alpha value is -3.16. The van der Waals surface area contributed by atoms with Crippen LogP contribution in [0.4, 0.5) is 17.3 Å². The lowest BCUT2D eigenvalue weighted by Gasteiger charge is -2.03. The van der Waals surface area contributed by atoms with Crippen molar-refractivity contribution < 1.29 is 13.8 Å². The first-order valence-corrected chi connectivity index (χ1v) is 6.51. The summed E-state index contributed by atoms with van der Waals surface area (Å²) in [6, 6.07) is 6.70. The van der Waals surface area contributed by atoms with Gasteiger partial charge >= 0.3 is 0 Å². The summed E-state index contributed by atoms with van der Waals surface area (Å²) in [7, 11) is 0. The summed E-state index contributed by atoms with van der Waals surface area (Å²) in [5, 5.41) is 13.1. The number of hydrogen-bond donors (Lipinski definition) is 2. The van der Waals surface area contributed by atoms with Gasteiger partial charge in [0.15, 0.2) is 11.6 Å². The highest BCUT2D eigenvalue weighted by atomic mass is 16.5. The average Bonchev–Trinajstić information content (AvgIpc) is 3.08. The monoisotopic (exact) mass is 299 g/mol. The average molecular weight is 299 g/mol. The third-order valence-electron chi connectivity index (χ3n) is 2.77. The van der Waals surface area contributed by atoms with Gasteiger partial charge in [-0.3, -0.25) is 4.79 Å². The maximum Gasteiger partial charge on any atom is 0.275 e. The van der Waals surface area contributed by atoms with Crippen LogP contribution in [-0.4, -0.2) is 21.2 Å². The summed E-state index contributed by atoms with van der Waals surface area (Å²) in [4.78, 5) is 16.1. The highest BCUT2D eigenvalue weighted by Crippen LogP contribution is 2.16. The van der Waals surface area contributed by atoms with E-state index in [1.807, 2.05) is 0 Å². The lowest BCUT2D eigenvalue weighted by atomic mass is 10.3. The van der Waals surface area contributed by atoms with Gasteiger partial charge in [0.1, 0.15) is 17.2 Å². The van der Waals surface area contributed by atoms with Crippen molar-refractivity contribution in [2.45, 2.75) is 13.8 Å². The number of anilines is 3. The van der Waals surface area contributed by atoms with E-state index in [0.29, 0.717) is 28.8 Å². The zero-order chi connectivity index (χ0) is 15.5. The van der Waals surface area contributed by atoms with Crippen LogP contribution >= 0.6 is 0 Å². The molecule has 2 N–H and O–H groups in total. The van der Waals surface area contributed by atoms with Crippen LogP contribution in [-0.2, 0) is 0 Å². The molecule has 112 valence electrons. The van der Waals surface area contributed by atoms with Gasteiger partial charge in [-0.05, 0) is 26.0 Å². The summed E-state index contributed by atoms with van der Waals surface area (Å²) in [5.41, 5.74) is 0.963. The van der Waals surface area contributed by atoms with E-state index >= 15 is 0 Å². The van der Waals surface area contributed by atoms with Crippen LogP contribution in [0.25, 0.3) is 0 Å². The molecule has 0 radical (unpaired) electrons. The van der Waals surface area contributed by atoms with Crippen LogP contribution in [0.15, 0.2) is 39.5 Å². The Morgan fingerprint density at radius 1 is 1.05 bits per heavy atom. The minimum absolute atomic E-state index is 0.266. The zero-order valence-corrected chi connectivity index (χ0v) is 12.0. The van der Waals surface area contributed by atoms with Crippen molar-refractivity contribution in [3.8, 4) is 0 Å². The number of nitrogens with one attached hydrogen (secondary N) is 2. The molecule has 3 aromatic heterocycles. The van der Waals surface area contributed by atoms with Gasteiger partial charge in [0, 0.05) is 12.1 Å². The minimum atomic E-state index is -0.364. The number of rotatable bonds is 4. The Morgan fingerprint density at radius 2 is 1.73 bits per heavy atom. The predicted octanol–water partition coefficient (Wildman–Crippen LogP) is 2.67. The van der Waals surface area contributed by atoms with Crippen LogP contribution < -0.4 is 10.6 Å². The maximum absolute atomic E-state index is 12.0. The van der Waals surface area contributed by atoms with Crippen LogP contribution in [0.5, 0.6) is 0 Å². The van der Waals surface area contributed by atoms with E-state index < -0.39 is 0 Å². The summed E-state index contributed by atoms with van der Waals surface area (Å²) < 4.78 is 9.83. The SMILES string of the molecule is Cc1cc(NC(=O)c2ccc(Nc3cc(C)on3)cn2)no1. The molecular weight excluding hydrogens is 286 g/mol. The molecule has 0 saturated carbocycles. The summed E-state index contributed by atoms with van der Waals surface area (Å²) >= 11 is 0. The maximum atomic E-state index is 12.0. The molecule has 0 bridgehead atoms. The molecule has 1 amide bonds. The van der Waals surface area contributed by atoms with E-state index in [1.165, 1.54) is 6.20 Å². The second kappa shape index (κ2) is 5.68. The number of aromatic nitrogens is 3. The summed E-state index contributed by atoms with van der Waals surface area (Å²) in [6.07, 6.45) is 1.53. The molecule has 0 spiro atoms. The molecule has 0 unspecified atom stereocenters. The topological polar surface area (TPSA) is 106 Å². The third kappa shape index (κ3) is 3.11. The Bertz CT molecular complexity index is 791. The van der Waals surface area contributed by atoms with Gasteiger partial charge in [0.25, 0.3) is 5.91 Å².